The molecule has 2 unspecified atom stereocenters. The number of anilines is 2. The Morgan fingerprint density at radius 1 is 0.957 bits per heavy atom. The van der Waals surface area contributed by atoms with Crippen molar-refractivity contribution in [1.82, 2.24) is 19.4 Å². The van der Waals surface area contributed by atoms with Gasteiger partial charge in [-0.3, -0.25) is 14.5 Å². The molecule has 3 aromatic rings. The number of nitrogens with one attached hydrogen (secondary N) is 1. The number of Topliss-reactive ketones (excluding diaryl/α,β-unsaturated/α-hetero) is 1. The second-order valence-electron chi connectivity index (χ2n) is 14.6. The fourth-order valence-electron chi connectivity index (χ4n) is 6.99. The summed E-state index contributed by atoms with van der Waals surface area (Å²) in [7, 11) is 0. The number of aromatic nitrogens is 2. The molecule has 6 rings (SSSR count). The Labute approximate surface area is 274 Å². The molecule has 0 bridgehead atoms. The number of hydrogen-bond donors (Lipinski definition) is 1. The number of hydrogen-bond acceptors (Lipinski definition) is 5. The molecule has 7 heteroatoms. The summed E-state index contributed by atoms with van der Waals surface area (Å²) in [6, 6.07) is 13.9. The summed E-state index contributed by atoms with van der Waals surface area (Å²) < 4.78 is 2.34. The van der Waals surface area contributed by atoms with Gasteiger partial charge in [0.25, 0.3) is 5.91 Å². The van der Waals surface area contributed by atoms with Crippen LogP contribution in [0, 0.1) is 23.7 Å². The van der Waals surface area contributed by atoms with E-state index >= 15 is 0 Å². The van der Waals surface area contributed by atoms with E-state index in [0.29, 0.717) is 17.4 Å². The number of ketones is 1. The van der Waals surface area contributed by atoms with Crippen molar-refractivity contribution in [2.75, 3.05) is 38.0 Å². The Bertz CT molecular complexity index is 1590. The standard InChI is InChI=1S/C39H51N5O2/c1-26(2)15-21-43(22-16-27(3)4)38(46)31-11-14-36-37(24-31)44(39(41-36)40-33-12-9-29(10-13-33)28(5)45)34-17-19-42(20-18-34)25-32-8-6-7-30-23-35(30)32/h6-14,24,26-27,30,34-35H,15-23,25H2,1-5H3,(H,40,41). The van der Waals surface area contributed by atoms with E-state index in [1.807, 2.05) is 36.4 Å². The summed E-state index contributed by atoms with van der Waals surface area (Å²) in [4.78, 5) is 35.6. The second kappa shape index (κ2) is 14.0. The third kappa shape index (κ3) is 7.46. The summed E-state index contributed by atoms with van der Waals surface area (Å²) in [5.41, 5.74) is 5.79. The van der Waals surface area contributed by atoms with Crippen molar-refractivity contribution < 1.29 is 9.59 Å². The molecule has 2 fully saturated rings. The Hall–Kier alpha value is -3.71. The highest BCUT2D eigenvalue weighted by Gasteiger charge is 2.39. The minimum atomic E-state index is 0.0517. The molecule has 1 saturated carbocycles. The van der Waals surface area contributed by atoms with Crippen LogP contribution in [-0.2, 0) is 0 Å². The van der Waals surface area contributed by atoms with Crippen LogP contribution >= 0.6 is 0 Å². The third-order valence-corrected chi connectivity index (χ3v) is 10.0. The molecule has 0 spiro atoms. The average Bonchev–Trinajstić information content (AvgIpc) is 3.76. The molecule has 2 aliphatic carbocycles. The van der Waals surface area contributed by atoms with Crippen LogP contribution in [0.3, 0.4) is 0 Å². The fourth-order valence-corrected chi connectivity index (χ4v) is 6.99. The van der Waals surface area contributed by atoms with Gasteiger partial charge in [-0.2, -0.15) is 0 Å². The number of imidazole rings is 1. The van der Waals surface area contributed by atoms with Gasteiger partial charge < -0.3 is 14.8 Å². The van der Waals surface area contributed by atoms with Gasteiger partial charge in [0, 0.05) is 55.6 Å². The van der Waals surface area contributed by atoms with Gasteiger partial charge in [-0.1, -0.05) is 51.5 Å². The largest absolute Gasteiger partial charge is 0.339 e. The van der Waals surface area contributed by atoms with Crippen LogP contribution < -0.4 is 5.32 Å². The van der Waals surface area contributed by atoms with E-state index in [1.165, 1.54) is 6.42 Å². The molecular weight excluding hydrogens is 570 g/mol. The number of amides is 1. The number of allylic oxidation sites excluding steroid dienone is 3. The summed E-state index contributed by atoms with van der Waals surface area (Å²) in [6.45, 7) is 15.1. The average molecular weight is 622 g/mol. The highest BCUT2D eigenvalue weighted by atomic mass is 16.2. The van der Waals surface area contributed by atoms with E-state index in [-0.39, 0.29) is 17.7 Å². The van der Waals surface area contributed by atoms with Crippen LogP contribution in [0.4, 0.5) is 11.6 Å². The second-order valence-corrected chi connectivity index (χ2v) is 14.6. The first-order valence-electron chi connectivity index (χ1n) is 17.4. The van der Waals surface area contributed by atoms with Gasteiger partial charge in [0.2, 0.25) is 5.95 Å². The number of piperidine rings is 1. The highest BCUT2D eigenvalue weighted by Crippen LogP contribution is 2.47. The van der Waals surface area contributed by atoms with E-state index in [0.717, 1.165) is 98.5 Å². The fraction of sp³-hybridized carbons (Fsp3) is 0.513. The number of benzene rings is 2. The van der Waals surface area contributed by atoms with Gasteiger partial charge in [0.05, 0.1) is 11.0 Å². The van der Waals surface area contributed by atoms with Gasteiger partial charge in [0.1, 0.15) is 0 Å². The number of fused-ring (bicyclic) bond motifs is 2. The van der Waals surface area contributed by atoms with E-state index in [9.17, 15) is 9.59 Å². The van der Waals surface area contributed by atoms with Gasteiger partial charge in [-0.25, -0.2) is 4.98 Å². The number of likely N-dealkylation sites (tertiary alicyclic amines) is 1. The Morgan fingerprint density at radius 3 is 2.28 bits per heavy atom. The quantitative estimate of drug-likeness (QED) is 0.195. The lowest BCUT2D eigenvalue weighted by Gasteiger charge is -2.34. The van der Waals surface area contributed by atoms with Crippen LogP contribution in [0.5, 0.6) is 0 Å². The predicted octanol–water partition coefficient (Wildman–Crippen LogP) is 8.29. The van der Waals surface area contributed by atoms with Crippen LogP contribution in [0.15, 0.2) is 66.3 Å². The van der Waals surface area contributed by atoms with Gasteiger partial charge in [-0.15, -0.1) is 0 Å². The van der Waals surface area contributed by atoms with Crippen LogP contribution in [0.2, 0.25) is 0 Å². The van der Waals surface area contributed by atoms with Crippen molar-refractivity contribution in [1.29, 1.82) is 0 Å². The molecule has 7 nitrogen and oxygen atoms in total. The summed E-state index contributed by atoms with van der Waals surface area (Å²) in [5.74, 6) is 3.56. The predicted molar refractivity (Wildman–Crippen MR) is 188 cm³/mol. The van der Waals surface area contributed by atoms with Crippen molar-refractivity contribution in [2.45, 2.75) is 72.8 Å². The third-order valence-electron chi connectivity index (χ3n) is 10.0. The highest BCUT2D eigenvalue weighted by molar-refractivity contribution is 5.98. The van der Waals surface area contributed by atoms with Crippen LogP contribution in [0.1, 0.15) is 93.5 Å². The van der Waals surface area contributed by atoms with Crippen molar-refractivity contribution in [3.8, 4) is 0 Å². The number of nitrogens with zero attached hydrogens (tertiary/aromatic N) is 4. The molecule has 0 radical (unpaired) electrons. The molecule has 2 heterocycles. The summed E-state index contributed by atoms with van der Waals surface area (Å²) >= 11 is 0. The van der Waals surface area contributed by atoms with Crippen LogP contribution in [0.25, 0.3) is 11.0 Å². The Morgan fingerprint density at radius 2 is 1.63 bits per heavy atom. The van der Waals surface area contributed by atoms with Crippen molar-refractivity contribution in [2.24, 2.45) is 23.7 Å². The van der Waals surface area contributed by atoms with E-state index in [1.54, 1.807) is 12.5 Å². The first-order chi connectivity index (χ1) is 22.2. The minimum Gasteiger partial charge on any atom is -0.339 e. The Kier molecular flexibility index (Phi) is 9.78. The van der Waals surface area contributed by atoms with Gasteiger partial charge in [-0.05, 0) is 105 Å². The van der Waals surface area contributed by atoms with Crippen molar-refractivity contribution in [3.05, 3.63) is 77.4 Å². The molecule has 1 N–H and O–H groups in total. The number of rotatable bonds is 13. The first-order valence-corrected chi connectivity index (χ1v) is 17.4. The number of carbonyl (C=O) groups excluding carboxylic acids is 2. The zero-order chi connectivity index (χ0) is 32.4. The first kappa shape index (κ1) is 32.2. The van der Waals surface area contributed by atoms with Crippen LogP contribution in [-0.4, -0.2) is 63.8 Å². The maximum Gasteiger partial charge on any atom is 0.253 e. The molecule has 46 heavy (non-hydrogen) atoms. The molecule has 1 aliphatic heterocycles. The SMILES string of the molecule is CC(=O)c1ccc(Nc2nc3ccc(C(=O)N(CCC(C)C)CCC(C)C)cc3n2C2CCN(CC3=CC=CC4CC34)CC2)cc1. The lowest BCUT2D eigenvalue weighted by Crippen LogP contribution is -2.36. The van der Waals surface area contributed by atoms with E-state index in [4.69, 9.17) is 4.98 Å². The molecule has 1 amide bonds. The number of carbonyl (C=O) groups is 2. The molecule has 2 aromatic carbocycles. The van der Waals surface area contributed by atoms with Crippen molar-refractivity contribution in [3.63, 3.8) is 0 Å². The van der Waals surface area contributed by atoms with Gasteiger partial charge >= 0.3 is 0 Å². The smallest absolute Gasteiger partial charge is 0.253 e. The summed E-state index contributed by atoms with van der Waals surface area (Å²) in [5, 5.41) is 3.57. The van der Waals surface area contributed by atoms with Gasteiger partial charge in [0.15, 0.2) is 5.78 Å². The Balaban J connectivity index is 1.28. The van der Waals surface area contributed by atoms with E-state index in [2.05, 4.69) is 71.7 Å². The maximum atomic E-state index is 14.0. The minimum absolute atomic E-state index is 0.0517. The molecule has 3 aliphatic rings. The maximum absolute atomic E-state index is 14.0. The lowest BCUT2D eigenvalue weighted by molar-refractivity contribution is 0.0740. The topological polar surface area (TPSA) is 70.5 Å². The summed E-state index contributed by atoms with van der Waals surface area (Å²) in [6.07, 6.45) is 12.3. The molecule has 1 aromatic heterocycles. The normalized spacial score (nSPS) is 19.8. The van der Waals surface area contributed by atoms with Crippen molar-refractivity contribution >= 4 is 34.4 Å². The zero-order valence-corrected chi connectivity index (χ0v) is 28.3. The molecule has 244 valence electrons. The molecular formula is C39H51N5O2. The molecule has 2 atom stereocenters. The monoisotopic (exact) mass is 621 g/mol. The van der Waals surface area contributed by atoms with E-state index < -0.39 is 0 Å². The molecule has 1 saturated heterocycles. The zero-order valence-electron chi connectivity index (χ0n) is 28.3. The lowest BCUT2D eigenvalue weighted by atomic mass is 10.0.